The molecule has 1 N–H and O–H groups in total. The highest BCUT2D eigenvalue weighted by atomic mass is 16.1. The number of hydrogen-bond acceptors (Lipinski definition) is 3. The van der Waals surface area contributed by atoms with Gasteiger partial charge in [0.1, 0.15) is 0 Å². The first-order valence-electron chi connectivity index (χ1n) is 14.5. The van der Waals surface area contributed by atoms with Crippen molar-refractivity contribution in [3.8, 4) is 0 Å². The van der Waals surface area contributed by atoms with E-state index in [1.807, 2.05) is 22.8 Å². The molecule has 1 aliphatic rings. The summed E-state index contributed by atoms with van der Waals surface area (Å²) in [5.74, 6) is 0. The quantitative estimate of drug-likeness (QED) is 0.220. The van der Waals surface area contributed by atoms with Crippen LogP contribution in [0.3, 0.4) is 0 Å². The predicted molar refractivity (Wildman–Crippen MR) is 163 cm³/mol. The van der Waals surface area contributed by atoms with Crippen molar-refractivity contribution < 1.29 is 0 Å². The average Bonchev–Trinajstić information content (AvgIpc) is 3.34. The number of likely N-dealkylation sites (tertiary alicyclic amines) is 1. The summed E-state index contributed by atoms with van der Waals surface area (Å²) in [6.45, 7) is 3.74. The molecule has 0 saturated carbocycles. The van der Waals surface area contributed by atoms with Gasteiger partial charge < -0.3 is 4.98 Å². The minimum absolute atomic E-state index is 0.000136. The normalized spacial score (nSPS) is 17.9. The number of aromatic nitrogens is 2. The number of aryl methyl sites for hydroxylation is 1. The Morgan fingerprint density at radius 1 is 0.725 bits per heavy atom. The fourth-order valence-electron chi connectivity index (χ4n) is 6.32. The smallest absolute Gasteiger partial charge is 0.306 e. The van der Waals surface area contributed by atoms with Crippen molar-refractivity contribution in [1.29, 1.82) is 0 Å². The molecule has 4 aromatic carbocycles. The first-order chi connectivity index (χ1) is 19.7. The van der Waals surface area contributed by atoms with Gasteiger partial charge in [0.15, 0.2) is 0 Å². The molecular formula is C35H38N4O. The lowest BCUT2D eigenvalue weighted by atomic mass is 9.98. The topological polar surface area (TPSA) is 44.3 Å². The van der Waals surface area contributed by atoms with Crippen LogP contribution in [0.2, 0.25) is 0 Å². The van der Waals surface area contributed by atoms with Crippen molar-refractivity contribution in [2.45, 2.75) is 51.0 Å². The number of fused-ring (bicyclic) bond motifs is 1. The molecule has 0 radical (unpaired) electrons. The number of H-pyrrole nitrogens is 1. The molecule has 1 saturated heterocycles. The number of piperidine rings is 1. The molecule has 1 fully saturated rings. The van der Waals surface area contributed by atoms with Gasteiger partial charge in [-0.15, -0.1) is 0 Å². The molecule has 40 heavy (non-hydrogen) atoms. The number of aromatic amines is 1. The molecule has 1 unspecified atom stereocenters. The number of nitrogens with one attached hydrogen (secondary N) is 1. The van der Waals surface area contributed by atoms with Gasteiger partial charge >= 0.3 is 5.69 Å². The fourth-order valence-corrected chi connectivity index (χ4v) is 6.32. The van der Waals surface area contributed by atoms with Crippen LogP contribution in [0.5, 0.6) is 0 Å². The van der Waals surface area contributed by atoms with Crippen molar-refractivity contribution in [2.24, 2.45) is 0 Å². The van der Waals surface area contributed by atoms with E-state index in [1.54, 1.807) is 0 Å². The summed E-state index contributed by atoms with van der Waals surface area (Å²) in [7, 11) is 0. The van der Waals surface area contributed by atoms with Gasteiger partial charge in [0.05, 0.1) is 17.2 Å². The standard InChI is InChI=1S/C35H38N4O/c40-35-36-32-20-10-11-21-33(32)39(35)31-22-24-37(23-12-19-28-13-4-1-5-14-28)34(25-31)38(26-29-15-6-2-7-16-29)27-30-17-8-3-9-18-30/h1-11,13-18,20-21,31,34H,12,19,22-27H2,(H,36,40)/t31?,34-/m0/s1. The van der Waals surface area contributed by atoms with Gasteiger partial charge in [-0.1, -0.05) is 103 Å². The van der Waals surface area contributed by atoms with Gasteiger partial charge in [-0.25, -0.2) is 4.79 Å². The highest BCUT2D eigenvalue weighted by Crippen LogP contribution is 2.32. The van der Waals surface area contributed by atoms with Gasteiger partial charge in [0.2, 0.25) is 0 Å². The highest BCUT2D eigenvalue weighted by molar-refractivity contribution is 5.75. The summed E-state index contributed by atoms with van der Waals surface area (Å²) in [6, 6.07) is 40.6. The Kier molecular flexibility index (Phi) is 8.22. The Hall–Kier alpha value is -3.93. The Labute approximate surface area is 236 Å². The molecule has 1 aliphatic heterocycles. The molecule has 1 aromatic heterocycles. The molecule has 2 heterocycles. The van der Waals surface area contributed by atoms with Crippen LogP contribution in [0.1, 0.15) is 42.0 Å². The first-order valence-corrected chi connectivity index (χ1v) is 14.5. The molecule has 0 aliphatic carbocycles. The molecule has 2 atom stereocenters. The van der Waals surface area contributed by atoms with Crippen LogP contribution in [0.15, 0.2) is 120 Å². The maximum Gasteiger partial charge on any atom is 0.326 e. The zero-order valence-electron chi connectivity index (χ0n) is 23.0. The summed E-state index contributed by atoms with van der Waals surface area (Å²) < 4.78 is 2.02. The van der Waals surface area contributed by atoms with E-state index < -0.39 is 0 Å². The maximum atomic E-state index is 13.2. The van der Waals surface area contributed by atoms with Gasteiger partial charge in [-0.05, 0) is 61.1 Å². The van der Waals surface area contributed by atoms with Gasteiger partial charge in [0, 0.05) is 25.7 Å². The van der Waals surface area contributed by atoms with Crippen molar-refractivity contribution >= 4 is 11.0 Å². The second-order valence-corrected chi connectivity index (χ2v) is 11.0. The second-order valence-electron chi connectivity index (χ2n) is 11.0. The predicted octanol–water partition coefficient (Wildman–Crippen LogP) is 6.63. The second kappa shape index (κ2) is 12.5. The summed E-state index contributed by atoms with van der Waals surface area (Å²) in [5, 5.41) is 0. The van der Waals surface area contributed by atoms with Crippen LogP contribution in [-0.4, -0.2) is 38.6 Å². The summed E-state index contributed by atoms with van der Waals surface area (Å²) in [4.78, 5) is 21.6. The lowest BCUT2D eigenvalue weighted by Gasteiger charge is -2.45. The van der Waals surface area contributed by atoms with Crippen LogP contribution in [0.4, 0.5) is 0 Å². The largest absolute Gasteiger partial charge is 0.326 e. The lowest BCUT2D eigenvalue weighted by Crippen LogP contribution is -2.53. The Morgan fingerprint density at radius 2 is 1.30 bits per heavy atom. The number of para-hydroxylation sites is 2. The van der Waals surface area contributed by atoms with Crippen LogP contribution < -0.4 is 5.69 Å². The minimum atomic E-state index is 0.000136. The van der Waals surface area contributed by atoms with Crippen LogP contribution in [0.25, 0.3) is 11.0 Å². The fraction of sp³-hybridized carbons (Fsp3) is 0.286. The van der Waals surface area contributed by atoms with E-state index in [0.29, 0.717) is 0 Å². The van der Waals surface area contributed by atoms with Crippen molar-refractivity contribution in [3.63, 3.8) is 0 Å². The van der Waals surface area contributed by atoms with Crippen LogP contribution in [0, 0.1) is 0 Å². The van der Waals surface area contributed by atoms with E-state index in [4.69, 9.17) is 0 Å². The van der Waals surface area contributed by atoms with Crippen LogP contribution in [-0.2, 0) is 19.5 Å². The average molecular weight is 531 g/mol. The van der Waals surface area contributed by atoms with E-state index in [9.17, 15) is 4.79 Å². The van der Waals surface area contributed by atoms with Gasteiger partial charge in [-0.2, -0.15) is 0 Å². The summed E-state index contributed by atoms with van der Waals surface area (Å²) in [6.07, 6.45) is 4.28. The zero-order chi connectivity index (χ0) is 27.1. The zero-order valence-corrected chi connectivity index (χ0v) is 23.0. The monoisotopic (exact) mass is 530 g/mol. The van der Waals surface area contributed by atoms with Crippen molar-refractivity contribution in [3.05, 3.63) is 142 Å². The van der Waals surface area contributed by atoms with E-state index in [1.165, 1.54) is 16.7 Å². The molecule has 204 valence electrons. The number of nitrogens with zero attached hydrogens (tertiary/aromatic N) is 3. The van der Waals surface area contributed by atoms with E-state index in [2.05, 4.69) is 112 Å². The SMILES string of the molecule is O=c1[nH]c2ccccc2n1C1CCN(CCCc2ccccc2)[C@@H](N(Cc2ccccc2)Cc2ccccc2)C1. The Balaban J connectivity index is 1.31. The van der Waals surface area contributed by atoms with Crippen LogP contribution >= 0.6 is 0 Å². The molecule has 5 nitrogen and oxygen atoms in total. The van der Waals surface area contributed by atoms with Gasteiger partial charge in [-0.3, -0.25) is 14.4 Å². The molecule has 5 heteroatoms. The lowest BCUT2D eigenvalue weighted by molar-refractivity contribution is -0.0140. The van der Waals surface area contributed by atoms with E-state index in [0.717, 1.165) is 62.9 Å². The van der Waals surface area contributed by atoms with E-state index >= 15 is 0 Å². The Bertz CT molecular complexity index is 1500. The van der Waals surface area contributed by atoms with Crippen molar-refractivity contribution in [2.75, 3.05) is 13.1 Å². The number of rotatable bonds is 10. The molecule has 0 bridgehead atoms. The molecule has 0 spiro atoms. The molecular weight excluding hydrogens is 492 g/mol. The third-order valence-electron chi connectivity index (χ3n) is 8.28. The molecule has 0 amide bonds. The maximum absolute atomic E-state index is 13.2. The Morgan fingerprint density at radius 3 is 1.95 bits per heavy atom. The third-order valence-corrected chi connectivity index (χ3v) is 8.28. The summed E-state index contributed by atoms with van der Waals surface area (Å²) in [5.41, 5.74) is 5.94. The number of benzene rings is 4. The van der Waals surface area contributed by atoms with Crippen molar-refractivity contribution in [1.82, 2.24) is 19.4 Å². The molecule has 6 rings (SSSR count). The number of imidazole rings is 1. The molecule has 5 aromatic rings. The highest BCUT2D eigenvalue weighted by Gasteiger charge is 2.34. The first kappa shape index (κ1) is 26.3. The summed E-state index contributed by atoms with van der Waals surface area (Å²) >= 11 is 0. The van der Waals surface area contributed by atoms with Gasteiger partial charge in [0.25, 0.3) is 0 Å². The minimum Gasteiger partial charge on any atom is -0.306 e. The third kappa shape index (κ3) is 6.11. The van der Waals surface area contributed by atoms with E-state index in [-0.39, 0.29) is 17.9 Å². The number of hydrogen-bond donors (Lipinski definition) is 1.